The predicted octanol–water partition coefficient (Wildman–Crippen LogP) is 10.7. The van der Waals surface area contributed by atoms with E-state index in [1.165, 1.54) is 27.1 Å². The van der Waals surface area contributed by atoms with E-state index in [-0.39, 0.29) is 0 Å². The van der Waals surface area contributed by atoms with E-state index in [4.69, 9.17) is 19.4 Å². The number of benzene rings is 7. The Labute approximate surface area is 259 Å². The maximum absolute atomic E-state index is 6.53. The largest absolute Gasteiger partial charge is 0.455 e. The molecule has 4 heteroatoms. The van der Waals surface area contributed by atoms with Gasteiger partial charge in [-0.3, -0.25) is 0 Å². The zero-order chi connectivity index (χ0) is 29.7. The summed E-state index contributed by atoms with van der Waals surface area (Å²) in [6, 6.07) is 52.3. The first-order chi connectivity index (χ1) is 22.3. The molecule has 0 aliphatic heterocycles. The molecule has 0 atom stereocenters. The molecular weight excluding hydrogens is 550 g/mol. The summed E-state index contributed by atoms with van der Waals surface area (Å²) in [4.78, 5) is 15.0. The zero-order valence-corrected chi connectivity index (χ0v) is 24.2. The van der Waals surface area contributed by atoms with Crippen LogP contribution in [0.15, 0.2) is 156 Å². The molecule has 7 aromatic carbocycles. The van der Waals surface area contributed by atoms with Gasteiger partial charge in [-0.15, -0.1) is 0 Å². The number of nitrogens with zero attached hydrogens (tertiary/aromatic N) is 3. The minimum absolute atomic E-state index is 0.575. The van der Waals surface area contributed by atoms with Crippen molar-refractivity contribution in [1.82, 2.24) is 15.0 Å². The number of hydrogen-bond acceptors (Lipinski definition) is 4. The molecule has 0 aliphatic rings. The second kappa shape index (κ2) is 10.2. The van der Waals surface area contributed by atoms with E-state index in [1.54, 1.807) is 0 Å². The lowest BCUT2D eigenvalue weighted by Gasteiger charge is -2.10. The summed E-state index contributed by atoms with van der Waals surface area (Å²) in [5, 5.41) is 6.95. The number of fused-ring (bicyclic) bond motifs is 6. The van der Waals surface area contributed by atoms with Gasteiger partial charge in [0.2, 0.25) is 0 Å². The van der Waals surface area contributed by atoms with Crippen LogP contribution in [0, 0.1) is 0 Å². The molecule has 45 heavy (non-hydrogen) atoms. The number of para-hydroxylation sites is 1. The summed E-state index contributed by atoms with van der Waals surface area (Å²) in [5.74, 6) is 1.81. The fourth-order valence-corrected chi connectivity index (χ4v) is 6.27. The fourth-order valence-electron chi connectivity index (χ4n) is 6.27. The fraction of sp³-hybridized carbons (Fsp3) is 0. The van der Waals surface area contributed by atoms with E-state index in [0.29, 0.717) is 17.5 Å². The maximum atomic E-state index is 6.53. The lowest BCUT2D eigenvalue weighted by molar-refractivity contribution is 0.670. The quantitative estimate of drug-likeness (QED) is 0.209. The lowest BCUT2D eigenvalue weighted by atomic mass is 10.00. The molecule has 210 valence electrons. The number of aromatic nitrogens is 3. The number of furan rings is 1. The third-order valence-electron chi connectivity index (χ3n) is 8.52. The minimum Gasteiger partial charge on any atom is -0.455 e. The van der Waals surface area contributed by atoms with Gasteiger partial charge in [0.1, 0.15) is 11.2 Å². The molecular formula is C41H25N3O. The molecule has 0 aliphatic carbocycles. The highest BCUT2D eigenvalue weighted by atomic mass is 16.3. The van der Waals surface area contributed by atoms with Gasteiger partial charge >= 0.3 is 0 Å². The minimum atomic E-state index is 0.575. The summed E-state index contributed by atoms with van der Waals surface area (Å²) in [5.41, 5.74) is 6.61. The van der Waals surface area contributed by atoms with Gasteiger partial charge in [-0.2, -0.15) is 0 Å². The van der Waals surface area contributed by atoms with Crippen molar-refractivity contribution in [2.75, 3.05) is 0 Å². The molecule has 0 spiro atoms. The highest BCUT2D eigenvalue weighted by Gasteiger charge is 2.18. The van der Waals surface area contributed by atoms with Crippen molar-refractivity contribution in [2.24, 2.45) is 0 Å². The van der Waals surface area contributed by atoms with Gasteiger partial charge in [-0.25, -0.2) is 15.0 Å². The SMILES string of the molecule is c1ccc(-c2nc(-c3ccc(-c4ccc5ccccc5c4)cc3)nc(-c3cccc4c3oc3ccc5ccccc5c34)n2)cc1. The van der Waals surface area contributed by atoms with E-state index in [2.05, 4.69) is 109 Å². The van der Waals surface area contributed by atoms with Crippen LogP contribution in [-0.2, 0) is 0 Å². The summed E-state index contributed by atoms with van der Waals surface area (Å²) in [6.45, 7) is 0. The van der Waals surface area contributed by atoms with E-state index in [9.17, 15) is 0 Å². The Bertz CT molecular complexity index is 2530. The molecule has 2 heterocycles. The number of rotatable bonds is 4. The van der Waals surface area contributed by atoms with Crippen LogP contribution in [0.4, 0.5) is 0 Å². The standard InChI is InChI=1S/C41H25N3O/c1-2-11-29(12-3-1)39-42-40(30-20-17-27(18-21-30)32-22-19-26-9-4-5-13-31(26)25-32)44-41(43-39)35-16-8-15-34-37-33-14-7-6-10-28(33)23-24-36(37)45-38(34)35/h1-25H. The molecule has 9 rings (SSSR count). The van der Waals surface area contributed by atoms with E-state index in [0.717, 1.165) is 44.2 Å². The first-order valence-corrected chi connectivity index (χ1v) is 15.0. The van der Waals surface area contributed by atoms with Crippen molar-refractivity contribution >= 4 is 43.5 Å². The summed E-state index contributed by atoms with van der Waals surface area (Å²) in [7, 11) is 0. The molecule has 0 saturated carbocycles. The van der Waals surface area contributed by atoms with Crippen LogP contribution in [-0.4, -0.2) is 15.0 Å². The van der Waals surface area contributed by atoms with Crippen LogP contribution in [0.1, 0.15) is 0 Å². The normalized spacial score (nSPS) is 11.6. The molecule has 4 nitrogen and oxygen atoms in total. The first kappa shape index (κ1) is 25.4. The molecule has 0 fully saturated rings. The lowest BCUT2D eigenvalue weighted by Crippen LogP contribution is -2.00. The monoisotopic (exact) mass is 575 g/mol. The smallest absolute Gasteiger partial charge is 0.167 e. The third-order valence-corrected chi connectivity index (χ3v) is 8.52. The molecule has 0 radical (unpaired) electrons. The van der Waals surface area contributed by atoms with Gasteiger partial charge in [0, 0.05) is 21.9 Å². The zero-order valence-electron chi connectivity index (χ0n) is 24.2. The molecule has 9 aromatic rings. The summed E-state index contributed by atoms with van der Waals surface area (Å²) < 4.78 is 6.53. The average molecular weight is 576 g/mol. The van der Waals surface area contributed by atoms with Gasteiger partial charge in [0.25, 0.3) is 0 Å². The van der Waals surface area contributed by atoms with Crippen LogP contribution < -0.4 is 0 Å². The molecule has 0 N–H and O–H groups in total. The number of hydrogen-bond donors (Lipinski definition) is 0. The van der Waals surface area contributed by atoms with E-state index < -0.39 is 0 Å². The summed E-state index contributed by atoms with van der Waals surface area (Å²) in [6.07, 6.45) is 0. The highest BCUT2D eigenvalue weighted by molar-refractivity contribution is 6.20. The van der Waals surface area contributed by atoms with Crippen LogP contribution in [0.3, 0.4) is 0 Å². The van der Waals surface area contributed by atoms with Crippen molar-refractivity contribution in [2.45, 2.75) is 0 Å². The second-order valence-corrected chi connectivity index (χ2v) is 11.3. The Hall–Kier alpha value is -6.13. The van der Waals surface area contributed by atoms with Gasteiger partial charge in [0.15, 0.2) is 17.5 Å². The Morgan fingerprint density at radius 3 is 1.80 bits per heavy atom. The Morgan fingerprint density at radius 2 is 0.978 bits per heavy atom. The predicted molar refractivity (Wildman–Crippen MR) is 184 cm³/mol. The van der Waals surface area contributed by atoms with Crippen LogP contribution in [0.25, 0.3) is 88.8 Å². The van der Waals surface area contributed by atoms with Crippen molar-refractivity contribution in [3.63, 3.8) is 0 Å². The van der Waals surface area contributed by atoms with E-state index >= 15 is 0 Å². The molecule has 0 amide bonds. The first-order valence-electron chi connectivity index (χ1n) is 15.0. The second-order valence-electron chi connectivity index (χ2n) is 11.3. The third kappa shape index (κ3) is 4.35. The van der Waals surface area contributed by atoms with Gasteiger partial charge < -0.3 is 4.42 Å². The average Bonchev–Trinajstić information content (AvgIpc) is 3.51. The molecule has 0 saturated heterocycles. The van der Waals surface area contributed by atoms with Crippen LogP contribution >= 0.6 is 0 Å². The maximum Gasteiger partial charge on any atom is 0.167 e. The van der Waals surface area contributed by atoms with Gasteiger partial charge in [-0.1, -0.05) is 133 Å². The van der Waals surface area contributed by atoms with Crippen molar-refractivity contribution in [3.05, 3.63) is 152 Å². The Morgan fingerprint density at radius 1 is 0.378 bits per heavy atom. The van der Waals surface area contributed by atoms with Gasteiger partial charge in [-0.05, 0) is 50.9 Å². The molecule has 0 bridgehead atoms. The van der Waals surface area contributed by atoms with Crippen molar-refractivity contribution < 1.29 is 4.42 Å². The van der Waals surface area contributed by atoms with Gasteiger partial charge in [0.05, 0.1) is 5.56 Å². The molecule has 2 aromatic heterocycles. The Kier molecular flexibility index (Phi) is 5.78. The van der Waals surface area contributed by atoms with Crippen LogP contribution in [0.2, 0.25) is 0 Å². The van der Waals surface area contributed by atoms with E-state index in [1.807, 2.05) is 42.5 Å². The Balaban J connectivity index is 1.20. The highest BCUT2D eigenvalue weighted by Crippen LogP contribution is 2.39. The van der Waals surface area contributed by atoms with Crippen molar-refractivity contribution in [1.29, 1.82) is 0 Å². The van der Waals surface area contributed by atoms with Crippen molar-refractivity contribution in [3.8, 4) is 45.3 Å². The summed E-state index contributed by atoms with van der Waals surface area (Å²) >= 11 is 0. The topological polar surface area (TPSA) is 51.8 Å². The molecule has 0 unspecified atom stereocenters. The van der Waals surface area contributed by atoms with Crippen LogP contribution in [0.5, 0.6) is 0 Å².